The van der Waals surface area contributed by atoms with E-state index in [0.717, 1.165) is 57.1 Å². The van der Waals surface area contributed by atoms with Gasteiger partial charge in [0.15, 0.2) is 0 Å². The minimum absolute atomic E-state index is 0.166. The lowest BCUT2D eigenvalue weighted by atomic mass is 10.0. The number of hydrogen-bond acceptors (Lipinski definition) is 7. The molecule has 4 N–H and O–H groups in total. The summed E-state index contributed by atoms with van der Waals surface area (Å²) in [4.78, 5) is 0. The van der Waals surface area contributed by atoms with Gasteiger partial charge in [-0.3, -0.25) is 0 Å². The van der Waals surface area contributed by atoms with Gasteiger partial charge in [-0.2, -0.15) is 0 Å². The van der Waals surface area contributed by atoms with Gasteiger partial charge in [0.2, 0.25) is 0 Å². The molecule has 31 heavy (non-hydrogen) atoms. The highest BCUT2D eigenvalue weighted by molar-refractivity contribution is 8.76. The number of rotatable bonds is 2. The molecular formula is C24H46N4OS2. The zero-order chi connectivity index (χ0) is 22.5. The van der Waals surface area contributed by atoms with Crippen LogP contribution in [0.4, 0.5) is 0 Å². The predicted molar refractivity (Wildman–Crippen MR) is 140 cm³/mol. The summed E-state index contributed by atoms with van der Waals surface area (Å²) in [6.45, 7) is 15.8. The normalized spacial score (nSPS) is 33.2. The highest BCUT2D eigenvalue weighted by atomic mass is 33.1. The predicted octanol–water partition coefficient (Wildman–Crippen LogP) is 3.80. The number of nitrogens with one attached hydrogen (secondary N) is 4. The van der Waals surface area contributed by atoms with E-state index in [1.54, 1.807) is 0 Å². The summed E-state index contributed by atoms with van der Waals surface area (Å²) in [7, 11) is 3.98. The molecule has 0 aromatic carbocycles. The number of allylic oxidation sites excluding steroid dienone is 2. The van der Waals surface area contributed by atoms with Crippen LogP contribution in [0, 0.1) is 11.8 Å². The Kier molecular flexibility index (Phi) is 13.6. The molecule has 0 amide bonds. The molecule has 2 aliphatic heterocycles. The van der Waals surface area contributed by atoms with Gasteiger partial charge in [-0.05, 0) is 38.1 Å². The van der Waals surface area contributed by atoms with Crippen LogP contribution in [0.15, 0.2) is 23.9 Å². The summed E-state index contributed by atoms with van der Waals surface area (Å²) in [6, 6.07) is 1.25. The average Bonchev–Trinajstić information content (AvgIpc) is 2.74. The molecule has 1 fully saturated rings. The Morgan fingerprint density at radius 2 is 1.84 bits per heavy atom. The molecule has 2 aliphatic rings. The van der Waals surface area contributed by atoms with E-state index in [2.05, 4.69) is 74.1 Å². The van der Waals surface area contributed by atoms with Gasteiger partial charge in [-0.15, -0.1) is 0 Å². The Hall–Kier alpha value is -0.180. The Balaban J connectivity index is 2.22. The fourth-order valence-electron chi connectivity index (χ4n) is 3.70. The van der Waals surface area contributed by atoms with Crippen LogP contribution >= 0.6 is 21.6 Å². The summed E-state index contributed by atoms with van der Waals surface area (Å²) in [5.41, 5.74) is 1.27. The van der Waals surface area contributed by atoms with E-state index in [0.29, 0.717) is 30.0 Å². The summed E-state index contributed by atoms with van der Waals surface area (Å²) >= 11 is 0. The molecule has 0 spiro atoms. The molecule has 0 aliphatic carbocycles. The van der Waals surface area contributed by atoms with Crippen molar-refractivity contribution < 1.29 is 4.74 Å². The average molecular weight is 471 g/mol. The van der Waals surface area contributed by atoms with Crippen molar-refractivity contribution in [3.8, 4) is 0 Å². The largest absolute Gasteiger partial charge is 0.386 e. The Bertz CT molecular complexity index is 542. The van der Waals surface area contributed by atoms with E-state index < -0.39 is 0 Å². The van der Waals surface area contributed by atoms with E-state index in [-0.39, 0.29) is 6.10 Å². The van der Waals surface area contributed by atoms with Gasteiger partial charge < -0.3 is 26.0 Å². The molecule has 0 unspecified atom stereocenters. The zero-order valence-corrected chi connectivity index (χ0v) is 21.9. The highest BCUT2D eigenvalue weighted by Crippen LogP contribution is 2.23. The van der Waals surface area contributed by atoms with Crippen molar-refractivity contribution in [3.05, 3.63) is 23.9 Å². The van der Waals surface area contributed by atoms with Crippen LogP contribution in [0.3, 0.4) is 0 Å². The zero-order valence-electron chi connectivity index (χ0n) is 20.3. The molecular weight excluding hydrogens is 424 g/mol. The Labute approximate surface area is 199 Å². The van der Waals surface area contributed by atoms with Crippen LogP contribution in [0.5, 0.6) is 0 Å². The maximum absolute atomic E-state index is 6.44. The van der Waals surface area contributed by atoms with Crippen LogP contribution in [0.2, 0.25) is 0 Å². The van der Waals surface area contributed by atoms with Crippen molar-refractivity contribution in [3.63, 3.8) is 0 Å². The summed E-state index contributed by atoms with van der Waals surface area (Å²) in [5, 5.41) is 15.1. The molecule has 2 rings (SSSR count). The van der Waals surface area contributed by atoms with Gasteiger partial charge in [0.25, 0.3) is 0 Å². The first-order valence-corrected chi connectivity index (χ1v) is 14.6. The van der Waals surface area contributed by atoms with Crippen LogP contribution in [0.25, 0.3) is 0 Å². The van der Waals surface area contributed by atoms with Crippen LogP contribution in [-0.4, -0.2) is 68.5 Å². The second kappa shape index (κ2) is 15.6. The van der Waals surface area contributed by atoms with Gasteiger partial charge in [0.1, 0.15) is 0 Å². The molecule has 0 radical (unpaired) electrons. The first-order chi connectivity index (χ1) is 15.0. The third-order valence-corrected chi connectivity index (χ3v) is 8.63. The third-order valence-electron chi connectivity index (χ3n) is 6.11. The first kappa shape index (κ1) is 27.1. The van der Waals surface area contributed by atoms with E-state index in [1.807, 2.05) is 21.6 Å². The molecule has 0 aromatic heterocycles. The summed E-state index contributed by atoms with van der Waals surface area (Å²) < 4.78 is 6.44. The van der Waals surface area contributed by atoms with Gasteiger partial charge >= 0.3 is 0 Å². The third kappa shape index (κ3) is 11.0. The second-order valence-electron chi connectivity index (χ2n) is 9.32. The molecule has 2 heterocycles. The van der Waals surface area contributed by atoms with Gasteiger partial charge in [-0.1, -0.05) is 67.5 Å². The van der Waals surface area contributed by atoms with Crippen LogP contribution in [0.1, 0.15) is 47.5 Å². The van der Waals surface area contributed by atoms with Gasteiger partial charge in [0.05, 0.1) is 12.7 Å². The van der Waals surface area contributed by atoms with E-state index in [4.69, 9.17) is 4.74 Å². The van der Waals surface area contributed by atoms with Crippen molar-refractivity contribution in [1.82, 2.24) is 21.3 Å². The second-order valence-corrected chi connectivity index (χ2v) is 11.9. The lowest BCUT2D eigenvalue weighted by Gasteiger charge is -2.29. The monoisotopic (exact) mass is 470 g/mol. The molecule has 2 bridgehead atoms. The highest BCUT2D eigenvalue weighted by Gasteiger charge is 2.20. The van der Waals surface area contributed by atoms with Gasteiger partial charge in [0, 0.05) is 55.0 Å². The first-order valence-electron chi connectivity index (χ1n) is 12.1. The smallest absolute Gasteiger partial charge is 0.0768 e. The fourth-order valence-corrected chi connectivity index (χ4v) is 5.97. The van der Waals surface area contributed by atoms with Crippen LogP contribution in [-0.2, 0) is 4.74 Å². The quantitative estimate of drug-likeness (QED) is 0.362. The molecule has 0 saturated carbocycles. The van der Waals surface area contributed by atoms with E-state index in [1.165, 1.54) is 5.70 Å². The Morgan fingerprint density at radius 1 is 1.03 bits per heavy atom. The van der Waals surface area contributed by atoms with Crippen molar-refractivity contribution in [2.75, 3.05) is 44.3 Å². The molecule has 4 atom stereocenters. The minimum atomic E-state index is 0.166. The van der Waals surface area contributed by atoms with Gasteiger partial charge in [-0.25, -0.2) is 0 Å². The van der Waals surface area contributed by atoms with Crippen molar-refractivity contribution in [2.45, 2.75) is 71.7 Å². The van der Waals surface area contributed by atoms with Crippen LogP contribution < -0.4 is 21.3 Å². The fraction of sp³-hybridized carbons (Fsp3) is 0.833. The molecule has 5 nitrogen and oxygen atoms in total. The van der Waals surface area contributed by atoms with E-state index in [9.17, 15) is 0 Å². The lowest BCUT2D eigenvalue weighted by Crippen LogP contribution is -2.50. The van der Waals surface area contributed by atoms with Crippen molar-refractivity contribution >= 4 is 21.6 Å². The summed E-state index contributed by atoms with van der Waals surface area (Å²) in [5.74, 6) is 3.37. The maximum Gasteiger partial charge on any atom is 0.0768 e. The molecule has 7 heteroatoms. The van der Waals surface area contributed by atoms with Crippen molar-refractivity contribution in [2.24, 2.45) is 11.8 Å². The van der Waals surface area contributed by atoms with E-state index >= 15 is 0 Å². The molecule has 1 saturated heterocycles. The van der Waals surface area contributed by atoms with Crippen molar-refractivity contribution in [1.29, 1.82) is 0 Å². The maximum atomic E-state index is 6.44. The topological polar surface area (TPSA) is 57.4 Å². The summed E-state index contributed by atoms with van der Waals surface area (Å²) in [6.07, 6.45) is 9.10. The minimum Gasteiger partial charge on any atom is -0.386 e. The number of fused-ring (bicyclic) bond motifs is 7. The SMILES string of the molecule is C/C=C1/CN[C@@H](C(C)C)CO[C@@H]2/C=C/CCSSC[C@H](CN1)NC[C@@H](C(C)C)NCC2. The number of ether oxygens (including phenoxy) is 1. The number of hydrogen-bond donors (Lipinski definition) is 4. The lowest BCUT2D eigenvalue weighted by molar-refractivity contribution is 0.0525. The molecule has 180 valence electrons. The Morgan fingerprint density at radius 3 is 2.58 bits per heavy atom. The standard InChI is InChI=1S/C24H46N4OS2/c1-6-20-13-28-24(19(4)5)16-29-22-9-7-8-12-30-31-17-21(14-26-20)27-15-23(18(2)3)25-11-10-22/h6-7,9,18-19,21-28H,8,10-17H2,1-5H3/b9-7+,20-6-/t21-,22+,23-,24+/m0/s1. The molecule has 0 aromatic rings.